The van der Waals surface area contributed by atoms with Crippen molar-refractivity contribution >= 4 is 17.3 Å². The summed E-state index contributed by atoms with van der Waals surface area (Å²) < 4.78 is 5.31. The molecule has 104 valence electrons. The number of nitro groups is 1. The quantitative estimate of drug-likeness (QED) is 0.681. The maximum atomic E-state index is 11.1. The van der Waals surface area contributed by atoms with Crippen molar-refractivity contribution in [3.05, 3.63) is 46.2 Å². The number of carbonyl (C=O) groups is 1. The number of hydrogen-bond acceptors (Lipinski definition) is 5. The first-order chi connectivity index (χ1) is 9.40. The molecule has 0 unspecified atom stereocenters. The number of nitro benzene ring substituents is 1. The minimum Gasteiger partial charge on any atom is -0.475 e. The zero-order valence-electron chi connectivity index (χ0n) is 10.9. The van der Waals surface area contributed by atoms with Crippen LogP contribution < -0.4 is 4.90 Å². The Morgan fingerprint density at radius 1 is 1.30 bits per heavy atom. The number of non-ortho nitro benzene ring substituents is 1. The van der Waals surface area contributed by atoms with Crippen molar-refractivity contribution in [3.63, 3.8) is 0 Å². The Morgan fingerprint density at radius 3 is 2.30 bits per heavy atom. The second-order valence-electron chi connectivity index (χ2n) is 4.33. The molecule has 1 heterocycles. The van der Waals surface area contributed by atoms with Crippen LogP contribution in [0.4, 0.5) is 11.4 Å². The Bertz CT molecular complexity index is 658. The van der Waals surface area contributed by atoms with Crippen LogP contribution in [-0.2, 0) is 0 Å². The van der Waals surface area contributed by atoms with Gasteiger partial charge in [-0.25, -0.2) is 4.79 Å². The van der Waals surface area contributed by atoms with Crippen LogP contribution >= 0.6 is 0 Å². The molecule has 2 rings (SSSR count). The summed E-state index contributed by atoms with van der Waals surface area (Å²) in [5, 5.41) is 19.7. The van der Waals surface area contributed by atoms with Crippen LogP contribution in [0.2, 0.25) is 0 Å². The molecule has 1 N–H and O–H groups in total. The first-order valence-electron chi connectivity index (χ1n) is 5.69. The average Bonchev–Trinajstić information content (AvgIpc) is 2.84. The van der Waals surface area contributed by atoms with Gasteiger partial charge in [0.1, 0.15) is 5.76 Å². The summed E-state index contributed by atoms with van der Waals surface area (Å²) >= 11 is 0. The lowest BCUT2D eigenvalue weighted by Crippen LogP contribution is -2.11. The highest BCUT2D eigenvalue weighted by Gasteiger charge is 2.20. The molecule has 0 radical (unpaired) electrons. The molecule has 0 spiro atoms. The third kappa shape index (κ3) is 2.46. The Morgan fingerprint density at radius 2 is 1.90 bits per heavy atom. The van der Waals surface area contributed by atoms with Crippen molar-refractivity contribution in [1.82, 2.24) is 0 Å². The molecule has 1 aromatic carbocycles. The predicted molar refractivity (Wildman–Crippen MR) is 72.1 cm³/mol. The molecule has 1 aromatic heterocycles. The monoisotopic (exact) mass is 276 g/mol. The van der Waals surface area contributed by atoms with Crippen LogP contribution in [0.3, 0.4) is 0 Å². The average molecular weight is 276 g/mol. The molecular weight excluding hydrogens is 264 g/mol. The summed E-state index contributed by atoms with van der Waals surface area (Å²) in [7, 11) is 3.41. The smallest absolute Gasteiger partial charge is 0.374 e. The fraction of sp³-hybridized carbons (Fsp3) is 0.154. The van der Waals surface area contributed by atoms with E-state index in [2.05, 4.69) is 0 Å². The lowest BCUT2D eigenvalue weighted by atomic mass is 10.1. The molecule has 7 nitrogen and oxygen atoms in total. The molecule has 0 aliphatic rings. The van der Waals surface area contributed by atoms with Crippen molar-refractivity contribution in [2.24, 2.45) is 0 Å². The zero-order chi connectivity index (χ0) is 14.9. The minimum atomic E-state index is -1.16. The third-order valence-corrected chi connectivity index (χ3v) is 2.75. The van der Waals surface area contributed by atoms with Crippen molar-refractivity contribution in [1.29, 1.82) is 0 Å². The summed E-state index contributed by atoms with van der Waals surface area (Å²) in [5.74, 6) is -0.980. The van der Waals surface area contributed by atoms with Crippen LogP contribution in [0, 0.1) is 10.1 Å². The van der Waals surface area contributed by atoms with Gasteiger partial charge < -0.3 is 14.4 Å². The van der Waals surface area contributed by atoms with Crippen molar-refractivity contribution in [2.45, 2.75) is 0 Å². The van der Waals surface area contributed by atoms with Crippen LogP contribution in [0.25, 0.3) is 11.3 Å². The first kappa shape index (κ1) is 13.6. The molecular formula is C13H12N2O5. The minimum absolute atomic E-state index is 0.0356. The van der Waals surface area contributed by atoms with Crippen molar-refractivity contribution in [2.75, 3.05) is 19.0 Å². The van der Waals surface area contributed by atoms with Gasteiger partial charge in [-0.1, -0.05) is 0 Å². The second-order valence-corrected chi connectivity index (χ2v) is 4.33. The van der Waals surface area contributed by atoms with E-state index in [4.69, 9.17) is 9.52 Å². The predicted octanol–water partition coefficient (Wildman–Crippen LogP) is 2.62. The van der Waals surface area contributed by atoms with E-state index < -0.39 is 10.9 Å². The first-order valence-corrected chi connectivity index (χ1v) is 5.69. The maximum Gasteiger partial charge on any atom is 0.374 e. The summed E-state index contributed by atoms with van der Waals surface area (Å²) in [4.78, 5) is 22.8. The molecule has 20 heavy (non-hydrogen) atoms. The zero-order valence-corrected chi connectivity index (χ0v) is 10.9. The second kappa shape index (κ2) is 5.04. The van der Waals surface area contributed by atoms with Crippen LogP contribution in [-0.4, -0.2) is 30.1 Å². The molecule has 7 heteroatoms. The Balaban J connectivity index is 2.45. The van der Waals surface area contributed by atoms with E-state index in [0.29, 0.717) is 17.0 Å². The van der Waals surface area contributed by atoms with Gasteiger partial charge in [0.25, 0.3) is 5.69 Å². The van der Waals surface area contributed by atoms with E-state index in [1.165, 1.54) is 24.3 Å². The SMILES string of the molecule is CN(C)c1cc(-c2ccc([N+](=O)[O-])cc2)oc1C(=O)O. The number of carboxylic acids is 1. The van der Waals surface area contributed by atoms with E-state index in [1.807, 2.05) is 0 Å². The molecule has 2 aromatic rings. The molecule has 0 fully saturated rings. The number of anilines is 1. The standard InChI is InChI=1S/C13H12N2O5/c1-14(2)10-7-11(20-12(10)13(16)17)8-3-5-9(6-4-8)15(18)19/h3-7H,1-2H3,(H,16,17). The Hall–Kier alpha value is -2.83. The third-order valence-electron chi connectivity index (χ3n) is 2.75. The number of rotatable bonds is 4. The van der Waals surface area contributed by atoms with E-state index >= 15 is 0 Å². The molecule has 0 bridgehead atoms. The van der Waals surface area contributed by atoms with Gasteiger partial charge in [-0.2, -0.15) is 0 Å². The number of hydrogen-bond donors (Lipinski definition) is 1. The highest BCUT2D eigenvalue weighted by Crippen LogP contribution is 2.31. The van der Waals surface area contributed by atoms with Gasteiger partial charge in [-0.15, -0.1) is 0 Å². The lowest BCUT2D eigenvalue weighted by Gasteiger charge is -2.08. The fourth-order valence-corrected chi connectivity index (χ4v) is 1.76. The van der Waals surface area contributed by atoms with E-state index in [-0.39, 0.29) is 11.4 Å². The molecule has 0 saturated carbocycles. The lowest BCUT2D eigenvalue weighted by molar-refractivity contribution is -0.384. The number of benzene rings is 1. The summed E-state index contributed by atoms with van der Waals surface area (Å²) in [6.07, 6.45) is 0. The number of nitrogens with zero attached hydrogens (tertiary/aromatic N) is 2. The summed E-state index contributed by atoms with van der Waals surface area (Å²) in [5.41, 5.74) is 0.976. The Labute approximate surface area is 114 Å². The van der Waals surface area contributed by atoms with Gasteiger partial charge in [0.15, 0.2) is 0 Å². The van der Waals surface area contributed by atoms with Crippen LogP contribution in [0.15, 0.2) is 34.7 Å². The molecule has 0 atom stereocenters. The maximum absolute atomic E-state index is 11.1. The van der Waals surface area contributed by atoms with Gasteiger partial charge in [0.05, 0.1) is 10.6 Å². The molecule has 0 aliphatic carbocycles. The van der Waals surface area contributed by atoms with Gasteiger partial charge in [-0.3, -0.25) is 10.1 Å². The molecule has 0 saturated heterocycles. The fourth-order valence-electron chi connectivity index (χ4n) is 1.76. The number of carboxylic acid groups (broad SMARTS) is 1. The number of furan rings is 1. The topological polar surface area (TPSA) is 96.8 Å². The highest BCUT2D eigenvalue weighted by atomic mass is 16.6. The van der Waals surface area contributed by atoms with Crippen molar-refractivity contribution in [3.8, 4) is 11.3 Å². The molecule has 0 amide bonds. The van der Waals surface area contributed by atoms with Gasteiger partial charge in [0, 0.05) is 37.9 Å². The van der Waals surface area contributed by atoms with E-state index in [0.717, 1.165) is 0 Å². The molecule has 0 aliphatic heterocycles. The van der Waals surface area contributed by atoms with Gasteiger partial charge in [0.2, 0.25) is 5.76 Å². The van der Waals surface area contributed by atoms with Crippen molar-refractivity contribution < 1.29 is 19.2 Å². The van der Waals surface area contributed by atoms with Crippen LogP contribution in [0.1, 0.15) is 10.6 Å². The highest BCUT2D eigenvalue weighted by molar-refractivity contribution is 5.92. The number of aromatic carboxylic acids is 1. The summed E-state index contributed by atoms with van der Waals surface area (Å²) in [6.45, 7) is 0. The van der Waals surface area contributed by atoms with E-state index in [9.17, 15) is 14.9 Å². The normalized spacial score (nSPS) is 10.3. The Kier molecular flexibility index (Phi) is 3.43. The van der Waals surface area contributed by atoms with Gasteiger partial charge >= 0.3 is 5.97 Å². The summed E-state index contributed by atoms with van der Waals surface area (Å²) in [6, 6.07) is 7.30. The van der Waals surface area contributed by atoms with E-state index in [1.54, 1.807) is 25.1 Å². The largest absolute Gasteiger partial charge is 0.475 e. The van der Waals surface area contributed by atoms with Crippen LogP contribution in [0.5, 0.6) is 0 Å². The van der Waals surface area contributed by atoms with Gasteiger partial charge in [-0.05, 0) is 12.1 Å².